The standard InChI is InChI=1S/C17H20/c1-3-7-14(8-4-1)16-11-12-17(13-16)15-9-5-2-6-10-15/h1,3-4,7-8,11,13,15H,2,5-6,9-10,12H2. The summed E-state index contributed by atoms with van der Waals surface area (Å²) in [6.07, 6.45) is 13.2. The molecule has 1 aromatic rings. The van der Waals surface area contributed by atoms with Crippen molar-refractivity contribution in [1.29, 1.82) is 0 Å². The lowest BCUT2D eigenvalue weighted by Crippen LogP contribution is -2.07. The van der Waals surface area contributed by atoms with Crippen LogP contribution in [0.4, 0.5) is 0 Å². The zero-order chi connectivity index (χ0) is 11.5. The van der Waals surface area contributed by atoms with Crippen LogP contribution in [0.5, 0.6) is 0 Å². The van der Waals surface area contributed by atoms with Gasteiger partial charge < -0.3 is 0 Å². The predicted octanol–water partition coefficient (Wildman–Crippen LogP) is 4.98. The van der Waals surface area contributed by atoms with Crippen molar-refractivity contribution in [2.75, 3.05) is 0 Å². The van der Waals surface area contributed by atoms with Gasteiger partial charge in [-0.3, -0.25) is 0 Å². The molecule has 88 valence electrons. The topological polar surface area (TPSA) is 0 Å². The Morgan fingerprint density at radius 3 is 2.41 bits per heavy atom. The molecule has 1 aromatic carbocycles. The van der Waals surface area contributed by atoms with Crippen molar-refractivity contribution >= 4 is 5.57 Å². The van der Waals surface area contributed by atoms with Crippen molar-refractivity contribution in [3.05, 3.63) is 53.6 Å². The molecular formula is C17H20. The van der Waals surface area contributed by atoms with E-state index in [2.05, 4.69) is 42.5 Å². The van der Waals surface area contributed by atoms with E-state index in [4.69, 9.17) is 0 Å². The summed E-state index contributed by atoms with van der Waals surface area (Å²) in [6.45, 7) is 0. The molecule has 0 heterocycles. The third-order valence-electron chi connectivity index (χ3n) is 4.14. The van der Waals surface area contributed by atoms with Crippen molar-refractivity contribution in [3.63, 3.8) is 0 Å². The van der Waals surface area contributed by atoms with Crippen LogP contribution < -0.4 is 0 Å². The minimum Gasteiger partial charge on any atom is -0.0726 e. The molecule has 0 N–H and O–H groups in total. The molecule has 0 radical (unpaired) electrons. The highest BCUT2D eigenvalue weighted by Gasteiger charge is 2.20. The third-order valence-corrected chi connectivity index (χ3v) is 4.14. The van der Waals surface area contributed by atoms with Crippen molar-refractivity contribution in [2.45, 2.75) is 38.5 Å². The van der Waals surface area contributed by atoms with Gasteiger partial charge in [-0.25, -0.2) is 0 Å². The molecule has 0 heteroatoms. The van der Waals surface area contributed by atoms with Gasteiger partial charge in [0.15, 0.2) is 0 Å². The second-order valence-electron chi connectivity index (χ2n) is 5.28. The maximum atomic E-state index is 2.45. The van der Waals surface area contributed by atoms with Crippen LogP contribution in [0.3, 0.4) is 0 Å². The Morgan fingerprint density at radius 2 is 1.65 bits per heavy atom. The van der Waals surface area contributed by atoms with Gasteiger partial charge in [-0.05, 0) is 36.3 Å². The van der Waals surface area contributed by atoms with Crippen LogP contribution in [0.1, 0.15) is 44.1 Å². The lowest BCUT2D eigenvalue weighted by Gasteiger charge is -2.22. The number of allylic oxidation sites excluding steroid dienone is 4. The molecule has 2 aliphatic carbocycles. The summed E-state index contributed by atoms with van der Waals surface area (Å²) in [5.74, 6) is 0.876. The molecule has 3 rings (SSSR count). The highest BCUT2D eigenvalue weighted by atomic mass is 14.2. The lowest BCUT2D eigenvalue weighted by atomic mass is 9.83. The summed E-state index contributed by atoms with van der Waals surface area (Å²) >= 11 is 0. The number of rotatable bonds is 2. The average molecular weight is 224 g/mol. The van der Waals surface area contributed by atoms with Gasteiger partial charge in [0.2, 0.25) is 0 Å². The highest BCUT2D eigenvalue weighted by molar-refractivity contribution is 5.77. The molecule has 0 nitrogen and oxygen atoms in total. The molecule has 0 aromatic heterocycles. The Balaban J connectivity index is 1.75. The van der Waals surface area contributed by atoms with Gasteiger partial charge >= 0.3 is 0 Å². The Hall–Kier alpha value is -1.30. The predicted molar refractivity (Wildman–Crippen MR) is 73.7 cm³/mol. The van der Waals surface area contributed by atoms with Crippen molar-refractivity contribution in [3.8, 4) is 0 Å². The highest BCUT2D eigenvalue weighted by Crippen LogP contribution is 2.37. The van der Waals surface area contributed by atoms with Crippen LogP contribution in [-0.2, 0) is 0 Å². The molecule has 0 atom stereocenters. The molecule has 0 saturated heterocycles. The minimum atomic E-state index is 0.876. The van der Waals surface area contributed by atoms with Crippen LogP contribution in [-0.4, -0.2) is 0 Å². The van der Waals surface area contributed by atoms with E-state index in [-0.39, 0.29) is 0 Å². The average Bonchev–Trinajstić information content (AvgIpc) is 2.90. The maximum absolute atomic E-state index is 2.45. The Kier molecular flexibility index (Phi) is 3.13. The minimum absolute atomic E-state index is 0.876. The van der Waals surface area contributed by atoms with Gasteiger partial charge in [0, 0.05) is 0 Å². The fraction of sp³-hybridized carbons (Fsp3) is 0.412. The summed E-state index contributed by atoms with van der Waals surface area (Å²) in [4.78, 5) is 0. The van der Waals surface area contributed by atoms with Gasteiger partial charge in [-0.15, -0.1) is 0 Å². The van der Waals surface area contributed by atoms with Gasteiger partial charge in [-0.2, -0.15) is 0 Å². The monoisotopic (exact) mass is 224 g/mol. The second kappa shape index (κ2) is 4.91. The molecule has 17 heavy (non-hydrogen) atoms. The molecule has 1 fully saturated rings. The fourth-order valence-corrected chi connectivity index (χ4v) is 3.14. The molecule has 0 unspecified atom stereocenters. The molecule has 0 amide bonds. The Morgan fingerprint density at radius 1 is 0.882 bits per heavy atom. The maximum Gasteiger partial charge on any atom is -0.0123 e. The molecular weight excluding hydrogens is 204 g/mol. The van der Waals surface area contributed by atoms with Crippen LogP contribution in [0, 0.1) is 5.92 Å². The molecule has 0 bridgehead atoms. The summed E-state index contributed by atoms with van der Waals surface area (Å²) < 4.78 is 0. The Labute approximate surface area is 104 Å². The van der Waals surface area contributed by atoms with E-state index in [0.29, 0.717) is 0 Å². The quantitative estimate of drug-likeness (QED) is 0.664. The third kappa shape index (κ3) is 2.36. The smallest absolute Gasteiger partial charge is 0.0123 e. The zero-order valence-corrected chi connectivity index (χ0v) is 10.4. The van der Waals surface area contributed by atoms with Crippen LogP contribution in [0.2, 0.25) is 0 Å². The second-order valence-corrected chi connectivity index (χ2v) is 5.28. The van der Waals surface area contributed by atoms with Gasteiger partial charge in [-0.1, -0.05) is 67.3 Å². The number of hydrogen-bond acceptors (Lipinski definition) is 0. The van der Waals surface area contributed by atoms with Crippen molar-refractivity contribution < 1.29 is 0 Å². The molecule has 0 spiro atoms. The van der Waals surface area contributed by atoms with E-state index >= 15 is 0 Å². The van der Waals surface area contributed by atoms with E-state index in [1.165, 1.54) is 49.7 Å². The lowest BCUT2D eigenvalue weighted by molar-refractivity contribution is 0.400. The summed E-state index contributed by atoms with van der Waals surface area (Å²) in [5.41, 5.74) is 4.49. The Bertz CT molecular complexity index is 430. The summed E-state index contributed by atoms with van der Waals surface area (Å²) in [7, 11) is 0. The van der Waals surface area contributed by atoms with Crippen LogP contribution >= 0.6 is 0 Å². The largest absolute Gasteiger partial charge is 0.0726 e. The van der Waals surface area contributed by atoms with Crippen molar-refractivity contribution in [1.82, 2.24) is 0 Å². The summed E-state index contributed by atoms with van der Waals surface area (Å²) in [6, 6.07) is 10.8. The fourth-order valence-electron chi connectivity index (χ4n) is 3.14. The van der Waals surface area contributed by atoms with Gasteiger partial charge in [0.25, 0.3) is 0 Å². The van der Waals surface area contributed by atoms with Gasteiger partial charge in [0.1, 0.15) is 0 Å². The molecule has 1 saturated carbocycles. The first-order chi connectivity index (χ1) is 8.43. The molecule has 2 aliphatic rings. The van der Waals surface area contributed by atoms with E-state index in [1.807, 2.05) is 0 Å². The van der Waals surface area contributed by atoms with E-state index in [0.717, 1.165) is 5.92 Å². The van der Waals surface area contributed by atoms with E-state index in [9.17, 15) is 0 Å². The first-order valence-corrected chi connectivity index (χ1v) is 6.89. The van der Waals surface area contributed by atoms with Gasteiger partial charge in [0.05, 0.1) is 0 Å². The van der Waals surface area contributed by atoms with E-state index in [1.54, 1.807) is 5.57 Å². The normalized spacial score (nSPS) is 21.2. The SMILES string of the molecule is C1=C(c2ccccc2)C=C(C2CCCCC2)C1. The zero-order valence-electron chi connectivity index (χ0n) is 10.4. The van der Waals surface area contributed by atoms with Crippen molar-refractivity contribution in [2.24, 2.45) is 5.92 Å². The van der Waals surface area contributed by atoms with Crippen LogP contribution in [0.25, 0.3) is 5.57 Å². The van der Waals surface area contributed by atoms with Crippen LogP contribution in [0.15, 0.2) is 48.1 Å². The molecule has 0 aliphatic heterocycles. The number of benzene rings is 1. The first-order valence-electron chi connectivity index (χ1n) is 6.89. The van der Waals surface area contributed by atoms with E-state index < -0.39 is 0 Å². The first kappa shape index (κ1) is 10.8. The summed E-state index contributed by atoms with van der Waals surface area (Å²) in [5, 5.41) is 0. The number of hydrogen-bond donors (Lipinski definition) is 0.